The molecule has 1 saturated heterocycles. The van der Waals surface area contributed by atoms with Crippen molar-refractivity contribution in [1.29, 1.82) is 0 Å². The number of nitrogens with one attached hydrogen (secondary N) is 1. The predicted molar refractivity (Wildman–Crippen MR) is 186 cm³/mol. The SMILES string of the molecule is CCN(CC)c1ccc([C@@H]2c3sc(=O)n(CC(=O)Nc4ccc(S(N)(=O)=O)cc4)c3S[C@H]3C(=O)N(c4ccc([N+](=O)[O-])cc4)C(=O)[C@@H]23)cc1. The molecule has 1 fully saturated rings. The number of aromatic nitrogens is 1. The van der Waals surface area contributed by atoms with Crippen molar-refractivity contribution in [1.82, 2.24) is 4.57 Å². The van der Waals surface area contributed by atoms with Gasteiger partial charge in [-0.1, -0.05) is 35.2 Å². The predicted octanol–water partition coefficient (Wildman–Crippen LogP) is 3.75. The molecule has 0 spiro atoms. The highest BCUT2D eigenvalue weighted by Crippen LogP contribution is 2.54. The number of nitro benzene ring substituents is 1. The molecule has 17 heteroatoms. The fourth-order valence-corrected chi connectivity index (χ4v) is 9.43. The van der Waals surface area contributed by atoms with Crippen molar-refractivity contribution < 1.29 is 27.7 Å². The van der Waals surface area contributed by atoms with E-state index in [0.717, 1.165) is 46.8 Å². The number of sulfonamides is 1. The monoisotopic (exact) mass is 722 g/mol. The third-order valence-corrected chi connectivity index (χ3v) is 12.1. The number of thioether (sulfide) groups is 1. The second kappa shape index (κ2) is 13.2. The number of hydrogen-bond acceptors (Lipinski definition) is 11. The molecule has 0 unspecified atom stereocenters. The van der Waals surface area contributed by atoms with Gasteiger partial charge in [-0.15, -0.1) is 0 Å². The van der Waals surface area contributed by atoms with Gasteiger partial charge in [-0.05, 0) is 67.9 Å². The van der Waals surface area contributed by atoms with E-state index in [1.165, 1.54) is 53.1 Å². The van der Waals surface area contributed by atoms with Crippen molar-refractivity contribution in [2.24, 2.45) is 11.1 Å². The molecular weight excluding hydrogens is 693 g/mol. The van der Waals surface area contributed by atoms with Crippen LogP contribution in [0.25, 0.3) is 0 Å². The van der Waals surface area contributed by atoms with Gasteiger partial charge in [0.25, 0.3) is 5.69 Å². The van der Waals surface area contributed by atoms with Crippen LogP contribution in [0.3, 0.4) is 0 Å². The molecule has 2 aliphatic heterocycles. The Morgan fingerprint density at radius 2 is 1.59 bits per heavy atom. The number of nitrogens with two attached hydrogens (primary N) is 1. The van der Waals surface area contributed by atoms with E-state index in [1.807, 2.05) is 38.1 Å². The number of primary sulfonamides is 1. The normalized spacial score (nSPS) is 18.6. The van der Waals surface area contributed by atoms with Crippen LogP contribution in [0.15, 0.2) is 87.5 Å². The Bertz CT molecular complexity index is 2130. The zero-order valence-corrected chi connectivity index (χ0v) is 28.6. The summed E-state index contributed by atoms with van der Waals surface area (Å²) in [7, 11) is -3.93. The fraction of sp³-hybridized carbons (Fsp3) is 0.250. The molecule has 14 nitrogen and oxygen atoms in total. The maximum Gasteiger partial charge on any atom is 0.308 e. The molecule has 3 atom stereocenters. The number of carbonyl (C=O) groups is 3. The summed E-state index contributed by atoms with van der Waals surface area (Å²) in [6, 6.07) is 18.0. The molecule has 3 amide bonds. The Hall–Kier alpha value is -4.84. The molecule has 0 aliphatic carbocycles. The van der Waals surface area contributed by atoms with Gasteiger partial charge in [-0.25, -0.2) is 18.5 Å². The molecule has 4 aromatic rings. The Balaban J connectivity index is 1.37. The van der Waals surface area contributed by atoms with Crippen LogP contribution in [-0.4, -0.2) is 54.0 Å². The van der Waals surface area contributed by atoms with E-state index in [1.54, 1.807) is 0 Å². The first-order chi connectivity index (χ1) is 23.3. The third-order valence-electron chi connectivity index (χ3n) is 8.52. The molecule has 3 N–H and O–H groups in total. The number of nitrogens with zero attached hydrogens (tertiary/aromatic N) is 4. The average Bonchev–Trinajstić information content (AvgIpc) is 3.51. The Kier molecular flexibility index (Phi) is 9.19. The number of nitro groups is 1. The van der Waals surface area contributed by atoms with Gasteiger partial charge >= 0.3 is 4.87 Å². The summed E-state index contributed by atoms with van der Waals surface area (Å²) in [5.41, 5.74) is 1.97. The zero-order chi connectivity index (χ0) is 35.2. The lowest BCUT2D eigenvalue weighted by atomic mass is 9.83. The summed E-state index contributed by atoms with van der Waals surface area (Å²) in [5, 5.41) is 18.5. The summed E-state index contributed by atoms with van der Waals surface area (Å²) < 4.78 is 24.5. The molecule has 49 heavy (non-hydrogen) atoms. The minimum atomic E-state index is -3.93. The van der Waals surface area contributed by atoms with Gasteiger partial charge in [0.1, 0.15) is 11.8 Å². The first-order valence-electron chi connectivity index (χ1n) is 15.1. The van der Waals surface area contributed by atoms with Gasteiger partial charge in [-0.3, -0.25) is 33.9 Å². The van der Waals surface area contributed by atoms with Crippen LogP contribution < -0.4 is 25.1 Å². The minimum absolute atomic E-state index is 0.130. The van der Waals surface area contributed by atoms with Crippen LogP contribution in [0.1, 0.15) is 30.2 Å². The molecule has 254 valence electrons. The van der Waals surface area contributed by atoms with Crippen LogP contribution in [0.4, 0.5) is 22.7 Å². The van der Waals surface area contributed by atoms with Crippen molar-refractivity contribution in [2.45, 2.75) is 41.5 Å². The first kappa shape index (κ1) is 34.0. The third kappa shape index (κ3) is 6.37. The second-order valence-corrected chi connectivity index (χ2v) is 15.0. The summed E-state index contributed by atoms with van der Waals surface area (Å²) in [6.07, 6.45) is 0. The van der Waals surface area contributed by atoms with Crippen molar-refractivity contribution in [2.75, 3.05) is 28.2 Å². The topological polar surface area (TPSA) is 195 Å². The minimum Gasteiger partial charge on any atom is -0.372 e. The lowest BCUT2D eigenvalue weighted by Crippen LogP contribution is -2.33. The summed E-state index contributed by atoms with van der Waals surface area (Å²) in [6.45, 7) is 5.24. The Morgan fingerprint density at radius 3 is 2.16 bits per heavy atom. The van der Waals surface area contributed by atoms with Crippen molar-refractivity contribution >= 4 is 73.6 Å². The Morgan fingerprint density at radius 1 is 0.959 bits per heavy atom. The van der Waals surface area contributed by atoms with Gasteiger partial charge in [0, 0.05) is 47.4 Å². The quantitative estimate of drug-likeness (QED) is 0.138. The molecule has 3 heterocycles. The number of rotatable bonds is 10. The summed E-state index contributed by atoms with van der Waals surface area (Å²) >= 11 is 1.95. The highest BCUT2D eigenvalue weighted by atomic mass is 32.2. The van der Waals surface area contributed by atoms with E-state index in [2.05, 4.69) is 10.2 Å². The van der Waals surface area contributed by atoms with Crippen LogP contribution in [0.2, 0.25) is 0 Å². The largest absolute Gasteiger partial charge is 0.372 e. The molecular formula is C32H30N6O8S3. The van der Waals surface area contributed by atoms with Crippen LogP contribution >= 0.6 is 23.1 Å². The molecule has 1 aromatic heterocycles. The molecule has 2 aliphatic rings. The van der Waals surface area contributed by atoms with Crippen LogP contribution in [0, 0.1) is 16.0 Å². The van der Waals surface area contributed by atoms with Crippen LogP contribution in [0.5, 0.6) is 0 Å². The highest BCUT2D eigenvalue weighted by molar-refractivity contribution is 8.00. The number of benzene rings is 3. The standard InChI is InChI=1S/C32H30N6O8S3/c1-3-35(4-2)20-9-5-18(6-10-20)25-26-27(30(41)37(29(26)40)21-11-13-22(14-12-21)38(43)44)47-31-28(25)48-32(42)36(31)17-24(39)34-19-7-15-23(16-8-19)49(33,45)46/h5-16,25-27H,3-4,17H2,1-2H3,(H,34,39)(H2,33,45,46)/t25-,26-,27+/m0/s1. The van der Waals surface area contributed by atoms with Crippen molar-refractivity contribution in [3.63, 3.8) is 0 Å². The number of non-ortho nitro benzene ring substituents is 1. The lowest BCUT2D eigenvalue weighted by molar-refractivity contribution is -0.384. The zero-order valence-electron chi connectivity index (χ0n) is 26.1. The van der Waals surface area contributed by atoms with E-state index < -0.39 is 61.2 Å². The summed E-state index contributed by atoms with van der Waals surface area (Å²) in [5.74, 6) is -3.19. The van der Waals surface area contributed by atoms with Gasteiger partial charge in [0.15, 0.2) is 0 Å². The number of fused-ring (bicyclic) bond motifs is 2. The van der Waals surface area contributed by atoms with Crippen molar-refractivity contribution in [3.8, 4) is 0 Å². The van der Waals surface area contributed by atoms with Crippen molar-refractivity contribution in [3.05, 3.63) is 103 Å². The average molecular weight is 723 g/mol. The highest BCUT2D eigenvalue weighted by Gasteiger charge is 2.56. The second-order valence-electron chi connectivity index (χ2n) is 11.3. The van der Waals surface area contributed by atoms with E-state index >= 15 is 0 Å². The lowest BCUT2D eigenvalue weighted by Gasteiger charge is -2.31. The maximum atomic E-state index is 14.1. The number of imide groups is 1. The van der Waals surface area contributed by atoms with Gasteiger partial charge in [0.05, 0.1) is 26.5 Å². The van der Waals surface area contributed by atoms with Gasteiger partial charge in [-0.2, -0.15) is 0 Å². The van der Waals surface area contributed by atoms with Gasteiger partial charge in [0.2, 0.25) is 27.7 Å². The molecule has 0 saturated carbocycles. The molecule has 0 radical (unpaired) electrons. The fourth-order valence-electron chi connectivity index (χ4n) is 6.15. The molecule has 0 bridgehead atoms. The number of carbonyl (C=O) groups excluding carboxylic acids is 3. The number of thiazole rings is 1. The maximum absolute atomic E-state index is 14.1. The van der Waals surface area contributed by atoms with E-state index in [-0.39, 0.29) is 22.0 Å². The first-order valence-corrected chi connectivity index (χ1v) is 18.4. The number of anilines is 3. The van der Waals surface area contributed by atoms with Crippen LogP contribution in [-0.2, 0) is 31.0 Å². The molecule has 6 rings (SSSR count). The van der Waals surface area contributed by atoms with E-state index in [0.29, 0.717) is 15.5 Å². The molecule has 3 aromatic carbocycles. The van der Waals surface area contributed by atoms with E-state index in [4.69, 9.17) is 5.14 Å². The number of hydrogen-bond donors (Lipinski definition) is 2. The smallest absolute Gasteiger partial charge is 0.308 e. The van der Waals surface area contributed by atoms with E-state index in [9.17, 15) is 37.7 Å². The summed E-state index contributed by atoms with van der Waals surface area (Å²) in [4.78, 5) is 68.6. The number of amides is 3. The van der Waals surface area contributed by atoms with Gasteiger partial charge < -0.3 is 10.2 Å². The Labute approximate surface area is 288 Å².